The quantitative estimate of drug-likeness (QED) is 0.197. The summed E-state index contributed by atoms with van der Waals surface area (Å²) in [4.78, 5) is 24.5. The third kappa shape index (κ3) is 8.71. The number of aryl methyl sites for hydroxylation is 2. The van der Waals surface area contributed by atoms with E-state index in [9.17, 15) is 26.8 Å². The molecule has 2 aliphatic rings. The second-order valence-corrected chi connectivity index (χ2v) is 15.3. The Hall–Kier alpha value is -4.02. The van der Waals surface area contributed by atoms with Crippen molar-refractivity contribution in [2.75, 3.05) is 13.1 Å². The lowest BCUT2D eigenvalue weighted by molar-refractivity contribution is -0.119. The van der Waals surface area contributed by atoms with Crippen molar-refractivity contribution >= 4 is 33.4 Å². The Morgan fingerprint density at radius 3 is 1.73 bits per heavy atom. The zero-order valence-corrected chi connectivity index (χ0v) is 28.7. The Bertz CT molecular complexity index is 1870. The highest BCUT2D eigenvalue weighted by Gasteiger charge is 2.28. The minimum Gasteiger partial charge on any atom is -0.356 e. The van der Waals surface area contributed by atoms with Gasteiger partial charge in [0.2, 0.25) is 21.7 Å². The summed E-state index contributed by atoms with van der Waals surface area (Å²) in [6, 6.07) is 24.5. The molecule has 0 unspecified atom stereocenters. The molecule has 6 rings (SSSR count). The zero-order valence-electron chi connectivity index (χ0n) is 27.1. The molecule has 48 heavy (non-hydrogen) atoms. The van der Waals surface area contributed by atoms with Crippen LogP contribution in [0.25, 0.3) is 0 Å². The van der Waals surface area contributed by atoms with Crippen LogP contribution in [-0.4, -0.2) is 33.3 Å². The standard InChI is InChI=1S/C19H20FNO3S.C19H20FNOS/c1-13(22)21-12-15-7-5-6-14-10-17(11-18(20)19(14)15)25(23,24)16-8-3-2-4-9-16;1-13(22)21-12-15-7-5-6-14-10-17(11-18(20)19(14)15)23-16-8-3-2-4-9-16/h2-4,8-11,15H,5-7,12H2,1H3,(H,21,22);2-4,8-11,15H,5-7,12H2,1H3,(H,21,22)/t2*15-/m00/s1. The normalized spacial score (nSPS) is 16.8. The summed E-state index contributed by atoms with van der Waals surface area (Å²) in [5, 5.41) is 5.56. The number of sulfone groups is 1. The minimum absolute atomic E-state index is 0.0184. The van der Waals surface area contributed by atoms with Crippen molar-refractivity contribution in [2.45, 2.75) is 83.8 Å². The van der Waals surface area contributed by atoms with Crippen LogP contribution in [0.15, 0.2) is 105 Å². The summed E-state index contributed by atoms with van der Waals surface area (Å²) >= 11 is 1.58. The van der Waals surface area contributed by atoms with Crippen LogP contribution < -0.4 is 10.6 Å². The van der Waals surface area contributed by atoms with Gasteiger partial charge in [0.25, 0.3) is 0 Å². The van der Waals surface area contributed by atoms with Crippen LogP contribution in [0.1, 0.15) is 73.6 Å². The molecule has 0 heterocycles. The van der Waals surface area contributed by atoms with Gasteiger partial charge in [0.05, 0.1) is 9.79 Å². The molecule has 0 bridgehead atoms. The lowest BCUT2D eigenvalue weighted by atomic mass is 9.82. The SMILES string of the molecule is CC(=O)NC[C@@H]1CCCc2cc(S(=O)(=O)c3ccccc3)cc(F)c21.CC(=O)NC[C@@H]1CCCc2cc(Sc3ccccc3)cc(F)c21. The molecule has 0 saturated heterocycles. The summed E-state index contributed by atoms with van der Waals surface area (Å²) < 4.78 is 54.9. The van der Waals surface area contributed by atoms with E-state index in [1.807, 2.05) is 30.3 Å². The molecule has 252 valence electrons. The number of nitrogens with one attached hydrogen (secondary N) is 2. The summed E-state index contributed by atoms with van der Waals surface area (Å²) in [6.07, 6.45) is 5.12. The fourth-order valence-electron chi connectivity index (χ4n) is 6.51. The van der Waals surface area contributed by atoms with Gasteiger partial charge in [0, 0.05) is 48.6 Å². The van der Waals surface area contributed by atoms with Crippen LogP contribution in [0.4, 0.5) is 8.78 Å². The highest BCUT2D eigenvalue weighted by molar-refractivity contribution is 7.99. The molecule has 2 atom stereocenters. The molecule has 10 heteroatoms. The lowest BCUT2D eigenvalue weighted by Gasteiger charge is -2.26. The molecule has 0 spiro atoms. The average molecular weight is 691 g/mol. The molecule has 2 aliphatic carbocycles. The van der Waals surface area contributed by atoms with Gasteiger partial charge < -0.3 is 10.6 Å². The molecule has 0 fully saturated rings. The molecule has 0 aromatic heterocycles. The molecule has 0 aliphatic heterocycles. The molecule has 4 aromatic rings. The Morgan fingerprint density at radius 2 is 1.19 bits per heavy atom. The van der Waals surface area contributed by atoms with E-state index in [0.717, 1.165) is 64.7 Å². The maximum atomic E-state index is 14.8. The smallest absolute Gasteiger partial charge is 0.216 e. The summed E-state index contributed by atoms with van der Waals surface area (Å²) in [6.45, 7) is 3.81. The van der Waals surface area contributed by atoms with E-state index in [-0.39, 0.29) is 39.3 Å². The highest BCUT2D eigenvalue weighted by Crippen LogP contribution is 2.38. The Balaban J connectivity index is 0.000000188. The van der Waals surface area contributed by atoms with Crippen LogP contribution >= 0.6 is 11.8 Å². The van der Waals surface area contributed by atoms with Gasteiger partial charge in [-0.15, -0.1) is 0 Å². The number of rotatable bonds is 8. The first kappa shape index (κ1) is 35.3. The second-order valence-electron chi connectivity index (χ2n) is 12.2. The maximum absolute atomic E-state index is 14.8. The molecular weight excluding hydrogens is 651 g/mol. The monoisotopic (exact) mass is 690 g/mol. The van der Waals surface area contributed by atoms with Gasteiger partial charge in [-0.1, -0.05) is 48.2 Å². The molecule has 0 saturated carbocycles. The number of halogens is 2. The van der Waals surface area contributed by atoms with Gasteiger partial charge in [0.1, 0.15) is 11.6 Å². The predicted octanol–water partition coefficient (Wildman–Crippen LogP) is 7.75. The summed E-state index contributed by atoms with van der Waals surface area (Å²) in [7, 11) is -3.75. The molecule has 4 aromatic carbocycles. The molecule has 0 radical (unpaired) electrons. The molecular formula is C38H40F2N2O4S2. The van der Waals surface area contributed by atoms with Crippen LogP contribution in [0.2, 0.25) is 0 Å². The Kier molecular flexibility index (Phi) is 11.7. The van der Waals surface area contributed by atoms with Crippen LogP contribution in [0.3, 0.4) is 0 Å². The van der Waals surface area contributed by atoms with E-state index in [1.54, 1.807) is 42.1 Å². The lowest BCUT2D eigenvalue weighted by Crippen LogP contribution is -2.28. The Morgan fingerprint density at radius 1 is 0.688 bits per heavy atom. The summed E-state index contributed by atoms with van der Waals surface area (Å²) in [5.74, 6) is -0.915. The van der Waals surface area contributed by atoms with Crippen LogP contribution in [0, 0.1) is 11.6 Å². The van der Waals surface area contributed by atoms with Crippen LogP contribution in [0.5, 0.6) is 0 Å². The van der Waals surface area contributed by atoms with Crippen molar-refractivity contribution in [2.24, 2.45) is 0 Å². The number of amides is 2. The first-order valence-corrected chi connectivity index (χ1v) is 18.5. The number of carbonyl (C=O) groups is 2. The maximum Gasteiger partial charge on any atom is 0.216 e. The van der Waals surface area contributed by atoms with Crippen molar-refractivity contribution in [3.05, 3.63) is 119 Å². The van der Waals surface area contributed by atoms with Crippen molar-refractivity contribution in [1.82, 2.24) is 10.6 Å². The van der Waals surface area contributed by atoms with Crippen molar-refractivity contribution in [1.29, 1.82) is 0 Å². The van der Waals surface area contributed by atoms with Crippen molar-refractivity contribution in [3.8, 4) is 0 Å². The van der Waals surface area contributed by atoms with E-state index < -0.39 is 15.7 Å². The minimum atomic E-state index is -3.75. The van der Waals surface area contributed by atoms with Gasteiger partial charge in [-0.3, -0.25) is 9.59 Å². The third-order valence-electron chi connectivity index (χ3n) is 8.73. The first-order valence-electron chi connectivity index (χ1n) is 16.2. The van der Waals surface area contributed by atoms with E-state index in [2.05, 4.69) is 16.7 Å². The van der Waals surface area contributed by atoms with Crippen molar-refractivity contribution < 1.29 is 26.8 Å². The largest absolute Gasteiger partial charge is 0.356 e. The molecule has 2 N–H and O–H groups in total. The summed E-state index contributed by atoms with van der Waals surface area (Å²) in [5.41, 5.74) is 3.13. The number of hydrogen-bond acceptors (Lipinski definition) is 5. The topological polar surface area (TPSA) is 92.3 Å². The number of hydrogen-bond donors (Lipinski definition) is 2. The van der Waals surface area contributed by atoms with Crippen LogP contribution in [-0.2, 0) is 32.3 Å². The van der Waals surface area contributed by atoms with Gasteiger partial charge in [-0.05, 0) is 109 Å². The fraction of sp³-hybridized carbons (Fsp3) is 0.316. The average Bonchev–Trinajstić information content (AvgIpc) is 3.07. The molecule has 2 amide bonds. The number of carbonyl (C=O) groups excluding carboxylic acids is 2. The van der Waals surface area contributed by atoms with Gasteiger partial charge in [-0.25, -0.2) is 17.2 Å². The fourth-order valence-corrected chi connectivity index (χ4v) is 8.78. The third-order valence-corrected chi connectivity index (χ3v) is 11.5. The van der Waals surface area contributed by atoms with E-state index in [1.165, 1.54) is 26.0 Å². The first-order chi connectivity index (χ1) is 23.0. The predicted molar refractivity (Wildman–Crippen MR) is 184 cm³/mol. The van der Waals surface area contributed by atoms with E-state index in [0.29, 0.717) is 25.1 Å². The van der Waals surface area contributed by atoms with E-state index in [4.69, 9.17) is 0 Å². The van der Waals surface area contributed by atoms with Crippen molar-refractivity contribution in [3.63, 3.8) is 0 Å². The number of fused-ring (bicyclic) bond motifs is 2. The number of benzene rings is 4. The second kappa shape index (κ2) is 15.9. The van der Waals surface area contributed by atoms with Gasteiger partial charge >= 0.3 is 0 Å². The van der Waals surface area contributed by atoms with Gasteiger partial charge in [-0.2, -0.15) is 0 Å². The Labute approximate surface area is 285 Å². The van der Waals surface area contributed by atoms with Gasteiger partial charge in [0.15, 0.2) is 0 Å². The van der Waals surface area contributed by atoms with E-state index >= 15 is 0 Å². The highest BCUT2D eigenvalue weighted by atomic mass is 32.2. The molecule has 6 nitrogen and oxygen atoms in total. The zero-order chi connectivity index (χ0) is 34.3.